The molecular weight excluding hydrogens is 236 g/mol. The molecule has 0 saturated carbocycles. The Labute approximate surface area is 115 Å². The molecule has 0 radical (unpaired) electrons. The number of nitrogens with one attached hydrogen (secondary N) is 2. The third-order valence-corrected chi connectivity index (χ3v) is 3.87. The van der Waals surface area contributed by atoms with Crippen LogP contribution in [-0.4, -0.2) is 19.0 Å². The van der Waals surface area contributed by atoms with Crippen molar-refractivity contribution in [2.24, 2.45) is 11.8 Å². The molecule has 1 amide bonds. The quantitative estimate of drug-likeness (QED) is 0.858. The lowest BCUT2D eigenvalue weighted by atomic mass is 9.87. The molecule has 3 nitrogen and oxygen atoms in total. The number of carbonyl (C=O) groups excluding carboxylic acids is 1. The second-order valence-electron chi connectivity index (χ2n) is 6.56. The van der Waals surface area contributed by atoms with E-state index < -0.39 is 0 Å². The fraction of sp³-hybridized carbons (Fsp3) is 0.562. The molecule has 1 fully saturated rings. The number of carbonyl (C=O) groups is 1. The second-order valence-corrected chi connectivity index (χ2v) is 6.56. The Bertz CT molecular complexity index is 445. The molecule has 1 aliphatic rings. The lowest BCUT2D eigenvalue weighted by Crippen LogP contribution is -2.27. The van der Waals surface area contributed by atoms with Crippen LogP contribution in [0.1, 0.15) is 33.3 Å². The summed E-state index contributed by atoms with van der Waals surface area (Å²) in [7, 11) is 0. The van der Waals surface area contributed by atoms with E-state index in [1.165, 1.54) is 5.56 Å². The van der Waals surface area contributed by atoms with Gasteiger partial charge in [-0.3, -0.25) is 4.79 Å². The molecule has 104 valence electrons. The number of rotatable bonds is 2. The van der Waals surface area contributed by atoms with Crippen molar-refractivity contribution in [2.45, 2.75) is 33.1 Å². The van der Waals surface area contributed by atoms with Gasteiger partial charge in [0.25, 0.3) is 0 Å². The Morgan fingerprint density at radius 2 is 1.84 bits per heavy atom. The number of benzene rings is 1. The highest BCUT2D eigenvalue weighted by atomic mass is 16.1. The first kappa shape index (κ1) is 14.1. The first-order chi connectivity index (χ1) is 8.88. The zero-order valence-electron chi connectivity index (χ0n) is 12.3. The van der Waals surface area contributed by atoms with Crippen LogP contribution in [0, 0.1) is 11.8 Å². The highest BCUT2D eigenvalue weighted by Gasteiger charge is 2.29. The minimum absolute atomic E-state index is 0.0855. The summed E-state index contributed by atoms with van der Waals surface area (Å²) in [5.41, 5.74) is 2.31. The van der Waals surface area contributed by atoms with Crippen LogP contribution >= 0.6 is 0 Å². The minimum Gasteiger partial charge on any atom is -0.326 e. The van der Waals surface area contributed by atoms with Gasteiger partial charge in [-0.15, -0.1) is 0 Å². The smallest absolute Gasteiger partial charge is 0.229 e. The summed E-state index contributed by atoms with van der Waals surface area (Å²) in [5.74, 6) is 0.622. The average molecular weight is 260 g/mol. The maximum atomic E-state index is 12.2. The molecule has 1 aromatic carbocycles. The topological polar surface area (TPSA) is 41.1 Å². The van der Waals surface area contributed by atoms with Gasteiger partial charge in [0.1, 0.15) is 0 Å². The fourth-order valence-corrected chi connectivity index (χ4v) is 2.45. The third kappa shape index (κ3) is 3.35. The molecule has 3 heteroatoms. The van der Waals surface area contributed by atoms with Crippen molar-refractivity contribution in [1.82, 2.24) is 5.32 Å². The second kappa shape index (κ2) is 5.33. The van der Waals surface area contributed by atoms with E-state index in [-0.39, 0.29) is 17.2 Å². The molecule has 0 bridgehead atoms. The van der Waals surface area contributed by atoms with Crippen molar-refractivity contribution >= 4 is 11.6 Å². The van der Waals surface area contributed by atoms with E-state index in [0.29, 0.717) is 5.92 Å². The molecule has 0 aromatic heterocycles. The van der Waals surface area contributed by atoms with Crippen LogP contribution in [0.4, 0.5) is 5.69 Å². The molecule has 1 heterocycles. The number of hydrogen-bond acceptors (Lipinski definition) is 2. The van der Waals surface area contributed by atoms with Gasteiger partial charge in [0.05, 0.1) is 5.92 Å². The van der Waals surface area contributed by atoms with E-state index in [1.54, 1.807) is 0 Å². The standard InChI is InChI=1S/C16H24N2O/c1-11-9-17-10-14(11)15(19)18-13-7-5-12(6-8-13)16(2,3)4/h5-8,11,14,17H,9-10H2,1-4H3,(H,18,19)/t11-,14-/m1/s1. The molecule has 0 aliphatic carbocycles. The summed E-state index contributed by atoms with van der Waals surface area (Å²) in [5, 5.41) is 6.27. The molecule has 2 N–H and O–H groups in total. The van der Waals surface area contributed by atoms with Gasteiger partial charge >= 0.3 is 0 Å². The number of hydrogen-bond donors (Lipinski definition) is 2. The molecule has 0 spiro atoms. The van der Waals surface area contributed by atoms with Gasteiger partial charge < -0.3 is 10.6 Å². The molecule has 0 unspecified atom stereocenters. The SMILES string of the molecule is C[C@@H]1CNC[C@H]1C(=O)Nc1ccc(C(C)(C)C)cc1. The summed E-state index contributed by atoms with van der Waals surface area (Å²) < 4.78 is 0. The largest absolute Gasteiger partial charge is 0.326 e. The summed E-state index contributed by atoms with van der Waals surface area (Å²) >= 11 is 0. The van der Waals surface area contributed by atoms with Crippen LogP contribution in [0.15, 0.2) is 24.3 Å². The van der Waals surface area contributed by atoms with Crippen molar-refractivity contribution < 1.29 is 4.79 Å². The normalized spacial score (nSPS) is 23.4. The molecule has 1 saturated heterocycles. The number of anilines is 1. The Morgan fingerprint density at radius 1 is 1.21 bits per heavy atom. The summed E-state index contributed by atoms with van der Waals surface area (Å²) in [6, 6.07) is 8.16. The van der Waals surface area contributed by atoms with E-state index in [2.05, 4.69) is 50.5 Å². The first-order valence-electron chi connectivity index (χ1n) is 7.00. The lowest BCUT2D eigenvalue weighted by Gasteiger charge is -2.19. The van der Waals surface area contributed by atoms with Gasteiger partial charge in [0, 0.05) is 12.2 Å². The highest BCUT2D eigenvalue weighted by molar-refractivity contribution is 5.93. The summed E-state index contributed by atoms with van der Waals surface area (Å²) in [6.07, 6.45) is 0. The lowest BCUT2D eigenvalue weighted by molar-refractivity contribution is -0.120. The summed E-state index contributed by atoms with van der Waals surface area (Å²) in [6.45, 7) is 10.4. The molecule has 2 rings (SSSR count). The Kier molecular flexibility index (Phi) is 3.95. The zero-order valence-corrected chi connectivity index (χ0v) is 12.3. The van der Waals surface area contributed by atoms with Crippen molar-refractivity contribution in [1.29, 1.82) is 0 Å². The van der Waals surface area contributed by atoms with Crippen LogP contribution < -0.4 is 10.6 Å². The van der Waals surface area contributed by atoms with Crippen molar-refractivity contribution in [3.8, 4) is 0 Å². The van der Waals surface area contributed by atoms with Gasteiger partial charge in [-0.05, 0) is 35.6 Å². The maximum absolute atomic E-state index is 12.2. The molecular formula is C16H24N2O. The van der Waals surface area contributed by atoms with Gasteiger partial charge in [-0.2, -0.15) is 0 Å². The molecule has 2 atom stereocenters. The first-order valence-corrected chi connectivity index (χ1v) is 7.00. The molecule has 19 heavy (non-hydrogen) atoms. The monoisotopic (exact) mass is 260 g/mol. The van der Waals surface area contributed by atoms with Gasteiger partial charge in [-0.1, -0.05) is 39.8 Å². The fourth-order valence-electron chi connectivity index (χ4n) is 2.45. The highest BCUT2D eigenvalue weighted by Crippen LogP contribution is 2.24. The molecule has 1 aliphatic heterocycles. The van der Waals surface area contributed by atoms with Gasteiger partial charge in [-0.25, -0.2) is 0 Å². The van der Waals surface area contributed by atoms with Crippen LogP contribution in [-0.2, 0) is 10.2 Å². The Morgan fingerprint density at radius 3 is 2.32 bits per heavy atom. The maximum Gasteiger partial charge on any atom is 0.229 e. The Hall–Kier alpha value is -1.35. The van der Waals surface area contributed by atoms with E-state index in [0.717, 1.165) is 18.8 Å². The number of amides is 1. The predicted octanol–water partition coefficient (Wildman–Crippen LogP) is 2.78. The van der Waals surface area contributed by atoms with E-state index in [4.69, 9.17) is 0 Å². The minimum atomic E-state index is 0.0855. The van der Waals surface area contributed by atoms with Crippen LogP contribution in [0.3, 0.4) is 0 Å². The van der Waals surface area contributed by atoms with Crippen molar-refractivity contribution in [2.75, 3.05) is 18.4 Å². The van der Waals surface area contributed by atoms with Crippen LogP contribution in [0.5, 0.6) is 0 Å². The van der Waals surface area contributed by atoms with E-state index in [1.807, 2.05) is 12.1 Å². The van der Waals surface area contributed by atoms with E-state index >= 15 is 0 Å². The zero-order chi connectivity index (χ0) is 14.0. The summed E-state index contributed by atoms with van der Waals surface area (Å²) in [4.78, 5) is 12.2. The molecule has 1 aromatic rings. The van der Waals surface area contributed by atoms with Gasteiger partial charge in [0.2, 0.25) is 5.91 Å². The van der Waals surface area contributed by atoms with E-state index in [9.17, 15) is 4.79 Å². The average Bonchev–Trinajstić information content (AvgIpc) is 2.75. The van der Waals surface area contributed by atoms with Crippen LogP contribution in [0.2, 0.25) is 0 Å². The predicted molar refractivity (Wildman–Crippen MR) is 79.3 cm³/mol. The Balaban J connectivity index is 2.02. The van der Waals surface area contributed by atoms with Crippen molar-refractivity contribution in [3.63, 3.8) is 0 Å². The van der Waals surface area contributed by atoms with Gasteiger partial charge in [0.15, 0.2) is 0 Å². The van der Waals surface area contributed by atoms with Crippen molar-refractivity contribution in [3.05, 3.63) is 29.8 Å². The third-order valence-electron chi connectivity index (χ3n) is 3.87. The van der Waals surface area contributed by atoms with Crippen LogP contribution in [0.25, 0.3) is 0 Å².